The van der Waals surface area contributed by atoms with E-state index >= 15 is 0 Å². The van der Waals surface area contributed by atoms with Crippen LogP contribution in [-0.2, 0) is 18.9 Å². The fourth-order valence-corrected chi connectivity index (χ4v) is 6.78. The van der Waals surface area contributed by atoms with Crippen molar-refractivity contribution in [1.82, 2.24) is 9.55 Å². The van der Waals surface area contributed by atoms with Crippen molar-refractivity contribution in [2.75, 3.05) is 0 Å². The van der Waals surface area contributed by atoms with E-state index in [0.717, 1.165) is 6.42 Å². The summed E-state index contributed by atoms with van der Waals surface area (Å²) in [7, 11) is 2.16. The lowest BCUT2D eigenvalue weighted by atomic mass is 9.66. The second-order valence-electron chi connectivity index (χ2n) is 12.8. The molecule has 0 radical (unpaired) electrons. The Labute approximate surface area is 253 Å². The molecule has 0 aliphatic heterocycles. The van der Waals surface area contributed by atoms with Crippen molar-refractivity contribution in [3.05, 3.63) is 90.0 Å². The second-order valence-corrected chi connectivity index (χ2v) is 12.8. The monoisotopic (exact) mass is 556 g/mol. The summed E-state index contributed by atoms with van der Waals surface area (Å²) in [4.78, 5) is 4.91. The van der Waals surface area contributed by atoms with E-state index in [1.165, 1.54) is 133 Å². The summed E-state index contributed by atoms with van der Waals surface area (Å²) >= 11 is 0. The number of hydrogen-bond donors (Lipinski definition) is 0. The third-order valence-electron chi connectivity index (χ3n) is 9.38. The largest absolute Gasteiger partial charge is 0.338 e. The fraction of sp³-hybridized carbons (Fsp3) is 0.615. The summed E-state index contributed by atoms with van der Waals surface area (Å²) in [5.41, 5.74) is 2.81. The predicted octanol–water partition coefficient (Wildman–Crippen LogP) is 11.7. The minimum absolute atomic E-state index is 0.0171. The third-order valence-corrected chi connectivity index (χ3v) is 9.38. The summed E-state index contributed by atoms with van der Waals surface area (Å²) in [6.07, 6.45) is 30.3. The van der Waals surface area contributed by atoms with Crippen LogP contribution in [0.1, 0.15) is 152 Å². The Balaban J connectivity index is 1.40. The van der Waals surface area contributed by atoms with E-state index in [2.05, 4.69) is 92.3 Å². The van der Waals surface area contributed by atoms with Crippen molar-refractivity contribution in [1.29, 1.82) is 0 Å². The first-order valence-electron chi connectivity index (χ1n) is 17.2. The quantitative estimate of drug-likeness (QED) is 0.106. The topological polar surface area (TPSA) is 17.8 Å². The van der Waals surface area contributed by atoms with Crippen LogP contribution in [0.3, 0.4) is 0 Å². The molecule has 2 nitrogen and oxygen atoms in total. The van der Waals surface area contributed by atoms with Gasteiger partial charge in [0, 0.05) is 30.8 Å². The van der Waals surface area contributed by atoms with Gasteiger partial charge in [0.1, 0.15) is 5.82 Å². The van der Waals surface area contributed by atoms with Crippen molar-refractivity contribution in [2.45, 2.75) is 147 Å². The predicted molar refractivity (Wildman–Crippen MR) is 179 cm³/mol. The van der Waals surface area contributed by atoms with Gasteiger partial charge in [-0.2, -0.15) is 0 Å². The molecule has 1 aromatic heterocycles. The van der Waals surface area contributed by atoms with Crippen molar-refractivity contribution >= 4 is 0 Å². The first kappa shape index (κ1) is 33.2. The van der Waals surface area contributed by atoms with Crippen LogP contribution in [0.5, 0.6) is 0 Å². The first-order valence-corrected chi connectivity index (χ1v) is 17.2. The molecule has 0 fully saturated rings. The van der Waals surface area contributed by atoms with Crippen LogP contribution in [0.4, 0.5) is 0 Å². The van der Waals surface area contributed by atoms with Gasteiger partial charge in [-0.15, -0.1) is 0 Å². The Morgan fingerprint density at radius 2 is 1.10 bits per heavy atom. The maximum absolute atomic E-state index is 4.91. The lowest BCUT2D eigenvalue weighted by Gasteiger charge is -2.39. The van der Waals surface area contributed by atoms with Crippen molar-refractivity contribution < 1.29 is 0 Å². The third kappa shape index (κ3) is 11.8. The van der Waals surface area contributed by atoms with E-state index in [4.69, 9.17) is 4.98 Å². The standard InChI is InChI=1S/C39H60N2/c1-4-5-6-7-8-9-10-11-12-13-14-15-16-17-18-19-26-31-37(38-40-32-33-41(38)3)39(2,36-29-24-21-25-30-36)34-35-27-22-20-23-28-35/h20-25,27-30,32-33,37H,4-19,26,31,34H2,1-3H3. The summed E-state index contributed by atoms with van der Waals surface area (Å²) in [6.45, 7) is 4.78. The van der Waals surface area contributed by atoms with Crippen LogP contribution in [-0.4, -0.2) is 9.55 Å². The van der Waals surface area contributed by atoms with E-state index < -0.39 is 0 Å². The highest BCUT2D eigenvalue weighted by Gasteiger charge is 2.38. The normalized spacial score (nSPS) is 13.7. The molecule has 0 saturated heterocycles. The molecular formula is C39H60N2. The molecule has 0 bridgehead atoms. The molecular weight excluding hydrogens is 496 g/mol. The van der Waals surface area contributed by atoms with Gasteiger partial charge in [0.2, 0.25) is 0 Å². The Morgan fingerprint density at radius 3 is 1.56 bits per heavy atom. The maximum Gasteiger partial charge on any atom is 0.112 e. The molecule has 2 heteroatoms. The van der Waals surface area contributed by atoms with Crippen LogP contribution < -0.4 is 0 Å². The maximum atomic E-state index is 4.91. The van der Waals surface area contributed by atoms with Gasteiger partial charge in [0.25, 0.3) is 0 Å². The molecule has 2 unspecified atom stereocenters. The molecule has 3 aromatic rings. The van der Waals surface area contributed by atoms with Gasteiger partial charge in [-0.1, -0.05) is 184 Å². The van der Waals surface area contributed by atoms with Gasteiger partial charge in [-0.25, -0.2) is 4.98 Å². The molecule has 0 aliphatic rings. The summed E-state index contributed by atoms with van der Waals surface area (Å²) < 4.78 is 2.25. The SMILES string of the molecule is CCCCCCCCCCCCCCCCCCCC(c1nccn1C)C(C)(Cc1ccccc1)c1ccccc1. The minimum Gasteiger partial charge on any atom is -0.338 e. The lowest BCUT2D eigenvalue weighted by molar-refractivity contribution is 0.326. The van der Waals surface area contributed by atoms with E-state index in [0.29, 0.717) is 5.92 Å². The molecule has 0 N–H and O–H groups in total. The molecule has 1 heterocycles. The van der Waals surface area contributed by atoms with Crippen LogP contribution in [0.2, 0.25) is 0 Å². The molecule has 0 spiro atoms. The number of unbranched alkanes of at least 4 members (excludes halogenated alkanes) is 16. The highest BCUT2D eigenvalue weighted by Crippen LogP contribution is 2.44. The zero-order valence-electron chi connectivity index (χ0n) is 26.8. The van der Waals surface area contributed by atoms with Gasteiger partial charge < -0.3 is 4.57 Å². The molecule has 0 saturated carbocycles. The van der Waals surface area contributed by atoms with Gasteiger partial charge in [0.15, 0.2) is 0 Å². The van der Waals surface area contributed by atoms with Gasteiger partial charge in [-0.05, 0) is 24.0 Å². The molecule has 41 heavy (non-hydrogen) atoms. The minimum atomic E-state index is -0.0171. The first-order chi connectivity index (χ1) is 20.1. The van der Waals surface area contributed by atoms with E-state index in [9.17, 15) is 0 Å². The summed E-state index contributed by atoms with van der Waals surface area (Å²) in [5.74, 6) is 1.60. The number of aryl methyl sites for hydroxylation is 1. The van der Waals surface area contributed by atoms with Crippen LogP contribution in [0.15, 0.2) is 73.1 Å². The number of aromatic nitrogens is 2. The second kappa shape index (κ2) is 19.7. The van der Waals surface area contributed by atoms with Gasteiger partial charge in [0.05, 0.1) is 0 Å². The molecule has 2 atom stereocenters. The molecule has 0 aliphatic carbocycles. The summed E-state index contributed by atoms with van der Waals surface area (Å²) in [6, 6.07) is 22.2. The molecule has 0 amide bonds. The Hall–Kier alpha value is -2.35. The number of imidazole rings is 1. The van der Waals surface area contributed by atoms with E-state index in [1.807, 2.05) is 6.20 Å². The van der Waals surface area contributed by atoms with Crippen LogP contribution in [0.25, 0.3) is 0 Å². The highest BCUT2D eigenvalue weighted by atomic mass is 15.0. The van der Waals surface area contributed by atoms with Gasteiger partial charge >= 0.3 is 0 Å². The number of benzene rings is 2. The molecule has 3 rings (SSSR count). The Morgan fingerprint density at radius 1 is 0.634 bits per heavy atom. The lowest BCUT2D eigenvalue weighted by Crippen LogP contribution is -2.34. The highest BCUT2D eigenvalue weighted by molar-refractivity contribution is 5.33. The van der Waals surface area contributed by atoms with Crippen molar-refractivity contribution in [3.63, 3.8) is 0 Å². The Bertz CT molecular complexity index is 1020. The van der Waals surface area contributed by atoms with Crippen molar-refractivity contribution in [2.24, 2.45) is 7.05 Å². The van der Waals surface area contributed by atoms with Crippen molar-refractivity contribution in [3.8, 4) is 0 Å². The fourth-order valence-electron chi connectivity index (χ4n) is 6.78. The smallest absolute Gasteiger partial charge is 0.112 e. The van der Waals surface area contributed by atoms with Crippen LogP contribution in [0, 0.1) is 0 Å². The average Bonchev–Trinajstić information content (AvgIpc) is 3.42. The number of hydrogen-bond acceptors (Lipinski definition) is 1. The number of nitrogens with zero attached hydrogens (tertiary/aromatic N) is 2. The van der Waals surface area contributed by atoms with Gasteiger partial charge in [-0.3, -0.25) is 0 Å². The zero-order valence-corrected chi connectivity index (χ0v) is 26.8. The van der Waals surface area contributed by atoms with Crippen LogP contribution >= 0.6 is 0 Å². The zero-order chi connectivity index (χ0) is 29.0. The van der Waals surface area contributed by atoms with E-state index in [1.54, 1.807) is 0 Å². The molecule has 2 aromatic carbocycles. The Kier molecular flexibility index (Phi) is 15.9. The average molecular weight is 557 g/mol. The number of rotatable bonds is 23. The molecule has 226 valence electrons. The van der Waals surface area contributed by atoms with E-state index in [-0.39, 0.29) is 5.41 Å². The summed E-state index contributed by atoms with van der Waals surface area (Å²) in [5, 5.41) is 0.